The largest absolute Gasteiger partial charge is 0.391 e. The van der Waals surface area contributed by atoms with Crippen LogP contribution in [-0.4, -0.2) is 17.3 Å². The minimum atomic E-state index is -0.203. The van der Waals surface area contributed by atoms with Gasteiger partial charge in [0.1, 0.15) is 0 Å². The Bertz CT molecular complexity index is 569. The van der Waals surface area contributed by atoms with Gasteiger partial charge in [-0.2, -0.15) is 0 Å². The highest BCUT2D eigenvalue weighted by molar-refractivity contribution is 9.10. The monoisotopic (exact) mass is 305 g/mol. The molecule has 0 aromatic heterocycles. The van der Waals surface area contributed by atoms with Crippen molar-refractivity contribution in [2.75, 3.05) is 5.32 Å². The van der Waals surface area contributed by atoms with Crippen LogP contribution in [0.15, 0.2) is 40.9 Å². The highest BCUT2D eigenvalue weighted by Crippen LogP contribution is 2.26. The summed E-state index contributed by atoms with van der Waals surface area (Å²) in [6, 6.07) is 12.8. The molecule has 0 radical (unpaired) electrons. The smallest absolute Gasteiger partial charge is 0.0741 e. The fourth-order valence-electron chi connectivity index (χ4n) is 2.63. The predicted octanol–water partition coefficient (Wildman–Crippen LogP) is 3.93. The molecule has 2 aromatic rings. The van der Waals surface area contributed by atoms with E-state index in [4.69, 9.17) is 0 Å². The number of aliphatic hydroxyl groups is 1. The summed E-state index contributed by atoms with van der Waals surface area (Å²) in [7, 11) is 0. The molecular weight excluding hydrogens is 290 g/mol. The van der Waals surface area contributed by atoms with Crippen LogP contribution in [0.2, 0.25) is 0 Å². The topological polar surface area (TPSA) is 32.3 Å². The Morgan fingerprint density at radius 2 is 1.83 bits per heavy atom. The van der Waals surface area contributed by atoms with Crippen molar-refractivity contribution in [1.29, 1.82) is 0 Å². The molecule has 0 spiro atoms. The van der Waals surface area contributed by atoms with Crippen molar-refractivity contribution in [2.45, 2.75) is 31.4 Å². The number of hydrogen-bond acceptors (Lipinski definition) is 2. The summed E-state index contributed by atoms with van der Waals surface area (Å²) in [4.78, 5) is 0. The zero-order valence-corrected chi connectivity index (χ0v) is 11.7. The van der Waals surface area contributed by atoms with E-state index in [9.17, 15) is 5.11 Å². The molecule has 2 atom stereocenters. The van der Waals surface area contributed by atoms with Crippen molar-refractivity contribution in [3.8, 4) is 0 Å². The summed E-state index contributed by atoms with van der Waals surface area (Å²) in [6.07, 6.45) is 2.88. The molecule has 18 heavy (non-hydrogen) atoms. The lowest BCUT2D eigenvalue weighted by Crippen LogP contribution is -2.27. The van der Waals surface area contributed by atoms with Crippen molar-refractivity contribution >= 4 is 32.4 Å². The summed E-state index contributed by atoms with van der Waals surface area (Å²) in [6.45, 7) is 0. The Morgan fingerprint density at radius 3 is 2.61 bits per heavy atom. The van der Waals surface area contributed by atoms with Gasteiger partial charge in [-0.3, -0.25) is 0 Å². The molecule has 94 valence electrons. The van der Waals surface area contributed by atoms with E-state index in [1.807, 2.05) is 0 Å². The SMILES string of the molecule is OC1CCCC1Nc1ccc2cc(Br)ccc2c1. The average molecular weight is 306 g/mol. The molecule has 2 aromatic carbocycles. The molecule has 0 aliphatic heterocycles. The quantitative estimate of drug-likeness (QED) is 0.881. The first-order valence-electron chi connectivity index (χ1n) is 6.36. The minimum absolute atomic E-state index is 0.203. The van der Waals surface area contributed by atoms with Crippen LogP contribution >= 0.6 is 15.9 Å². The van der Waals surface area contributed by atoms with Crippen LogP contribution in [0.3, 0.4) is 0 Å². The number of benzene rings is 2. The van der Waals surface area contributed by atoms with Gasteiger partial charge in [-0.15, -0.1) is 0 Å². The Labute approximate surface area is 115 Å². The van der Waals surface area contributed by atoms with E-state index in [0.29, 0.717) is 0 Å². The standard InChI is InChI=1S/C15H16BrNO/c16-12-6-4-11-9-13(7-5-10(11)8-12)17-14-2-1-3-15(14)18/h4-9,14-15,17-18H,1-3H2. The minimum Gasteiger partial charge on any atom is -0.391 e. The van der Waals surface area contributed by atoms with E-state index in [-0.39, 0.29) is 12.1 Å². The molecule has 3 heteroatoms. The number of anilines is 1. The lowest BCUT2D eigenvalue weighted by Gasteiger charge is -2.18. The predicted molar refractivity (Wildman–Crippen MR) is 78.9 cm³/mol. The highest BCUT2D eigenvalue weighted by atomic mass is 79.9. The Hall–Kier alpha value is -1.06. The first-order valence-corrected chi connectivity index (χ1v) is 7.15. The van der Waals surface area contributed by atoms with E-state index in [1.165, 1.54) is 10.8 Å². The molecule has 1 aliphatic rings. The van der Waals surface area contributed by atoms with Crippen molar-refractivity contribution in [2.24, 2.45) is 0 Å². The lowest BCUT2D eigenvalue weighted by molar-refractivity contribution is 0.172. The van der Waals surface area contributed by atoms with Gasteiger partial charge in [0.05, 0.1) is 12.1 Å². The maximum atomic E-state index is 9.83. The Morgan fingerprint density at radius 1 is 1.06 bits per heavy atom. The second-order valence-electron chi connectivity index (χ2n) is 4.96. The third-order valence-corrected chi connectivity index (χ3v) is 4.13. The molecule has 1 fully saturated rings. The molecule has 2 unspecified atom stereocenters. The summed E-state index contributed by atoms with van der Waals surface area (Å²) in [5, 5.41) is 15.7. The van der Waals surface area contributed by atoms with E-state index in [1.54, 1.807) is 0 Å². The number of hydrogen-bond donors (Lipinski definition) is 2. The number of aliphatic hydroxyl groups excluding tert-OH is 1. The Kier molecular flexibility index (Phi) is 3.27. The van der Waals surface area contributed by atoms with Crippen molar-refractivity contribution in [1.82, 2.24) is 0 Å². The van der Waals surface area contributed by atoms with Crippen LogP contribution in [0.4, 0.5) is 5.69 Å². The Balaban J connectivity index is 1.86. The molecular formula is C15H16BrNO. The van der Waals surface area contributed by atoms with Crippen LogP contribution in [0.1, 0.15) is 19.3 Å². The van der Waals surface area contributed by atoms with Gasteiger partial charge < -0.3 is 10.4 Å². The van der Waals surface area contributed by atoms with Crippen molar-refractivity contribution in [3.63, 3.8) is 0 Å². The first-order chi connectivity index (χ1) is 8.72. The lowest BCUT2D eigenvalue weighted by atomic mass is 10.1. The zero-order valence-electron chi connectivity index (χ0n) is 10.1. The van der Waals surface area contributed by atoms with Gasteiger partial charge in [0.2, 0.25) is 0 Å². The van der Waals surface area contributed by atoms with Gasteiger partial charge in [-0.25, -0.2) is 0 Å². The third-order valence-electron chi connectivity index (χ3n) is 3.63. The van der Waals surface area contributed by atoms with Gasteiger partial charge in [0.25, 0.3) is 0 Å². The van der Waals surface area contributed by atoms with Gasteiger partial charge in [-0.1, -0.05) is 28.1 Å². The zero-order chi connectivity index (χ0) is 12.5. The molecule has 2 nitrogen and oxygen atoms in total. The summed E-state index contributed by atoms with van der Waals surface area (Å²) < 4.78 is 1.10. The first kappa shape index (κ1) is 12.0. The van der Waals surface area contributed by atoms with E-state index in [0.717, 1.165) is 29.4 Å². The van der Waals surface area contributed by atoms with Crippen LogP contribution in [-0.2, 0) is 0 Å². The molecule has 1 saturated carbocycles. The number of rotatable bonds is 2. The maximum Gasteiger partial charge on any atom is 0.0741 e. The van der Waals surface area contributed by atoms with E-state index in [2.05, 4.69) is 57.6 Å². The molecule has 3 rings (SSSR count). The van der Waals surface area contributed by atoms with Crippen LogP contribution < -0.4 is 5.32 Å². The van der Waals surface area contributed by atoms with Crippen molar-refractivity contribution < 1.29 is 5.11 Å². The number of halogens is 1. The fourth-order valence-corrected chi connectivity index (χ4v) is 3.01. The average Bonchev–Trinajstić information content (AvgIpc) is 2.75. The fraction of sp³-hybridized carbons (Fsp3) is 0.333. The maximum absolute atomic E-state index is 9.83. The van der Waals surface area contributed by atoms with Gasteiger partial charge >= 0.3 is 0 Å². The number of nitrogens with one attached hydrogen (secondary N) is 1. The van der Waals surface area contributed by atoms with Gasteiger partial charge in [0, 0.05) is 10.2 Å². The van der Waals surface area contributed by atoms with Gasteiger partial charge in [-0.05, 0) is 54.3 Å². The second-order valence-corrected chi connectivity index (χ2v) is 5.87. The highest BCUT2D eigenvalue weighted by Gasteiger charge is 2.24. The molecule has 0 heterocycles. The summed E-state index contributed by atoms with van der Waals surface area (Å²) >= 11 is 3.48. The van der Waals surface area contributed by atoms with Crippen molar-refractivity contribution in [3.05, 3.63) is 40.9 Å². The van der Waals surface area contributed by atoms with E-state index < -0.39 is 0 Å². The van der Waals surface area contributed by atoms with Crippen LogP contribution in [0.25, 0.3) is 10.8 Å². The molecule has 2 N–H and O–H groups in total. The van der Waals surface area contributed by atoms with Crippen LogP contribution in [0.5, 0.6) is 0 Å². The second kappa shape index (κ2) is 4.90. The molecule has 1 aliphatic carbocycles. The van der Waals surface area contributed by atoms with Crippen LogP contribution in [0, 0.1) is 0 Å². The molecule has 0 amide bonds. The van der Waals surface area contributed by atoms with Gasteiger partial charge in [0.15, 0.2) is 0 Å². The third kappa shape index (κ3) is 2.38. The number of fused-ring (bicyclic) bond motifs is 1. The normalized spacial score (nSPS) is 23.4. The summed E-state index contributed by atoms with van der Waals surface area (Å²) in [5.74, 6) is 0. The molecule has 0 bridgehead atoms. The van der Waals surface area contributed by atoms with E-state index >= 15 is 0 Å². The molecule has 0 saturated heterocycles. The summed E-state index contributed by atoms with van der Waals surface area (Å²) in [5.41, 5.74) is 1.09.